The fourth-order valence-corrected chi connectivity index (χ4v) is 3.73. The van der Waals surface area contributed by atoms with E-state index in [1.54, 1.807) is 4.67 Å². The van der Waals surface area contributed by atoms with Gasteiger partial charge >= 0.3 is 6.80 Å². The number of ether oxygens (including phenoxy) is 1. The molecule has 0 aliphatic carbocycles. The minimum absolute atomic E-state index is 0.131. The van der Waals surface area contributed by atoms with Gasteiger partial charge in [0.1, 0.15) is 0 Å². The number of halogens is 1. The highest BCUT2D eigenvalue weighted by Gasteiger charge is 2.29. The van der Waals surface area contributed by atoms with E-state index in [1.165, 1.54) is 0 Å². The molecule has 13 heavy (non-hydrogen) atoms. The summed E-state index contributed by atoms with van der Waals surface area (Å²) in [5.41, 5.74) is 0. The van der Waals surface area contributed by atoms with Gasteiger partial charge in [-0.05, 0) is 25.1 Å². The molecule has 1 fully saturated rings. The molecule has 0 saturated carbocycles. The van der Waals surface area contributed by atoms with Crippen LogP contribution in [0, 0.1) is 0 Å². The Kier molecular flexibility index (Phi) is 4.20. The highest BCUT2D eigenvalue weighted by molar-refractivity contribution is 7.85. The Labute approximate surface area is 83.8 Å². The number of hydrogen-bond donors (Lipinski definition) is 1. The minimum atomic E-state index is -2.85. The van der Waals surface area contributed by atoms with Gasteiger partial charge in [-0.15, -0.1) is 0 Å². The SMILES string of the molecule is CC(C)NP(=O)(Cl)N1CCOCC1. The van der Waals surface area contributed by atoms with E-state index in [4.69, 9.17) is 16.0 Å². The Morgan fingerprint density at radius 2 is 2.00 bits per heavy atom. The minimum Gasteiger partial charge on any atom is -0.379 e. The molecule has 1 atom stereocenters. The van der Waals surface area contributed by atoms with Crippen LogP contribution in [0.15, 0.2) is 0 Å². The molecule has 0 spiro atoms. The molecule has 0 aromatic heterocycles. The molecule has 6 heteroatoms. The normalized spacial score (nSPS) is 24.6. The highest BCUT2D eigenvalue weighted by Crippen LogP contribution is 2.51. The molecule has 78 valence electrons. The maximum Gasteiger partial charge on any atom is 0.302 e. The van der Waals surface area contributed by atoms with Crippen molar-refractivity contribution in [1.82, 2.24) is 9.76 Å². The van der Waals surface area contributed by atoms with E-state index in [2.05, 4.69) is 5.09 Å². The summed E-state index contributed by atoms with van der Waals surface area (Å²) < 4.78 is 18.8. The van der Waals surface area contributed by atoms with Gasteiger partial charge in [0.05, 0.1) is 13.2 Å². The molecular formula is C7H16ClN2O2P. The Hall–Kier alpha value is 0.400. The lowest BCUT2D eigenvalue weighted by Crippen LogP contribution is -2.37. The first-order chi connectivity index (χ1) is 6.02. The molecule has 0 radical (unpaired) electrons. The second-order valence-electron chi connectivity index (χ2n) is 3.35. The van der Waals surface area contributed by atoms with Crippen molar-refractivity contribution in [3.8, 4) is 0 Å². The zero-order chi connectivity index (χ0) is 9.90. The lowest BCUT2D eigenvalue weighted by Gasteiger charge is -2.31. The zero-order valence-corrected chi connectivity index (χ0v) is 9.65. The molecule has 4 nitrogen and oxygen atoms in total. The molecule has 1 rings (SSSR count). The molecule has 1 saturated heterocycles. The quantitative estimate of drug-likeness (QED) is 0.744. The third-order valence-corrected chi connectivity index (χ3v) is 4.67. The van der Waals surface area contributed by atoms with Crippen molar-refractivity contribution in [2.24, 2.45) is 0 Å². The fourth-order valence-electron chi connectivity index (χ4n) is 1.21. The molecule has 1 N–H and O–H groups in total. The maximum atomic E-state index is 11.9. The topological polar surface area (TPSA) is 41.6 Å². The van der Waals surface area contributed by atoms with E-state index in [0.29, 0.717) is 26.3 Å². The maximum absolute atomic E-state index is 11.9. The smallest absolute Gasteiger partial charge is 0.302 e. The van der Waals surface area contributed by atoms with Crippen molar-refractivity contribution in [2.75, 3.05) is 26.3 Å². The molecule has 1 heterocycles. The fraction of sp³-hybridized carbons (Fsp3) is 1.00. The average molecular weight is 227 g/mol. The number of hydrogen-bond acceptors (Lipinski definition) is 2. The molecule has 0 amide bonds. The predicted octanol–water partition coefficient (Wildman–Crippen LogP) is 1.66. The lowest BCUT2D eigenvalue weighted by atomic mass is 10.4. The van der Waals surface area contributed by atoms with Crippen molar-refractivity contribution < 1.29 is 9.30 Å². The van der Waals surface area contributed by atoms with Gasteiger partial charge in [-0.1, -0.05) is 0 Å². The van der Waals surface area contributed by atoms with Crippen LogP contribution >= 0.6 is 18.0 Å². The number of morpholine rings is 1. The first-order valence-corrected chi connectivity index (χ1v) is 6.99. The summed E-state index contributed by atoms with van der Waals surface area (Å²) >= 11 is 5.92. The van der Waals surface area contributed by atoms with E-state index >= 15 is 0 Å². The zero-order valence-electron chi connectivity index (χ0n) is 7.99. The Morgan fingerprint density at radius 3 is 2.46 bits per heavy atom. The predicted molar refractivity (Wildman–Crippen MR) is 54.1 cm³/mol. The third kappa shape index (κ3) is 3.56. The van der Waals surface area contributed by atoms with Crippen molar-refractivity contribution in [3.05, 3.63) is 0 Å². The Balaban J connectivity index is 2.51. The number of rotatable bonds is 3. The van der Waals surface area contributed by atoms with Gasteiger partial charge in [0.25, 0.3) is 0 Å². The van der Waals surface area contributed by atoms with Gasteiger partial charge in [-0.2, -0.15) is 0 Å². The van der Waals surface area contributed by atoms with Crippen LogP contribution in [0.4, 0.5) is 0 Å². The average Bonchev–Trinajstić information content (AvgIpc) is 2.04. The first-order valence-electron chi connectivity index (χ1n) is 4.43. The summed E-state index contributed by atoms with van der Waals surface area (Å²) in [7, 11) is 0. The van der Waals surface area contributed by atoms with Crippen LogP contribution in [0.5, 0.6) is 0 Å². The van der Waals surface area contributed by atoms with E-state index in [-0.39, 0.29) is 6.04 Å². The summed E-state index contributed by atoms with van der Waals surface area (Å²) in [6, 6.07) is 0.131. The lowest BCUT2D eigenvalue weighted by molar-refractivity contribution is 0.0723. The largest absolute Gasteiger partial charge is 0.379 e. The molecular weight excluding hydrogens is 211 g/mol. The molecule has 1 aliphatic heterocycles. The summed E-state index contributed by atoms with van der Waals surface area (Å²) in [6.45, 7) is 3.50. The molecule has 0 aromatic carbocycles. The Bertz CT molecular complexity index is 207. The van der Waals surface area contributed by atoms with Crippen molar-refractivity contribution in [1.29, 1.82) is 0 Å². The molecule has 0 bridgehead atoms. The van der Waals surface area contributed by atoms with Crippen LogP contribution in [0.2, 0.25) is 0 Å². The van der Waals surface area contributed by atoms with Crippen LogP contribution in [0.25, 0.3) is 0 Å². The van der Waals surface area contributed by atoms with Crippen LogP contribution < -0.4 is 5.09 Å². The molecule has 0 aromatic rings. The van der Waals surface area contributed by atoms with E-state index < -0.39 is 6.80 Å². The van der Waals surface area contributed by atoms with E-state index in [1.807, 2.05) is 13.8 Å². The van der Waals surface area contributed by atoms with Crippen LogP contribution in [-0.2, 0) is 9.30 Å². The standard InChI is InChI=1S/C7H16ClN2O2P/c1-7(2)9-13(8,11)10-3-5-12-6-4-10/h7H,3-6H2,1-2H3,(H,9,11). The highest BCUT2D eigenvalue weighted by atomic mass is 35.7. The van der Waals surface area contributed by atoms with Crippen molar-refractivity contribution >= 4 is 18.0 Å². The van der Waals surface area contributed by atoms with E-state index in [9.17, 15) is 4.57 Å². The van der Waals surface area contributed by atoms with Gasteiger partial charge in [-0.25, -0.2) is 9.76 Å². The summed E-state index contributed by atoms with van der Waals surface area (Å²) in [5, 5.41) is 2.88. The third-order valence-electron chi connectivity index (χ3n) is 1.77. The summed E-state index contributed by atoms with van der Waals surface area (Å²) in [6.07, 6.45) is 0. The second-order valence-corrected chi connectivity index (χ2v) is 6.55. The molecule has 1 unspecified atom stereocenters. The van der Waals surface area contributed by atoms with Gasteiger partial charge in [0.15, 0.2) is 0 Å². The van der Waals surface area contributed by atoms with Crippen molar-refractivity contribution in [2.45, 2.75) is 19.9 Å². The second kappa shape index (κ2) is 4.76. The Morgan fingerprint density at radius 1 is 1.46 bits per heavy atom. The molecule has 1 aliphatic rings. The summed E-state index contributed by atoms with van der Waals surface area (Å²) in [4.78, 5) is 0. The monoisotopic (exact) mass is 226 g/mol. The summed E-state index contributed by atoms with van der Waals surface area (Å²) in [5.74, 6) is 0. The van der Waals surface area contributed by atoms with Gasteiger partial charge in [-0.3, -0.25) is 4.57 Å². The van der Waals surface area contributed by atoms with Gasteiger partial charge < -0.3 is 4.74 Å². The number of nitrogens with one attached hydrogen (secondary N) is 1. The van der Waals surface area contributed by atoms with Gasteiger partial charge in [0, 0.05) is 19.1 Å². The van der Waals surface area contributed by atoms with Crippen LogP contribution in [-0.4, -0.2) is 37.0 Å². The van der Waals surface area contributed by atoms with Crippen LogP contribution in [0.3, 0.4) is 0 Å². The van der Waals surface area contributed by atoms with Crippen LogP contribution in [0.1, 0.15) is 13.8 Å². The van der Waals surface area contributed by atoms with Gasteiger partial charge in [0.2, 0.25) is 0 Å². The first kappa shape index (κ1) is 11.5. The van der Waals surface area contributed by atoms with Crippen molar-refractivity contribution in [3.63, 3.8) is 0 Å². The number of nitrogens with zero attached hydrogens (tertiary/aromatic N) is 1. The van der Waals surface area contributed by atoms with E-state index in [0.717, 1.165) is 0 Å².